The van der Waals surface area contributed by atoms with E-state index in [1.807, 2.05) is 6.07 Å². The topological polar surface area (TPSA) is 25.9 Å². The van der Waals surface area contributed by atoms with Crippen molar-refractivity contribution >= 4 is 17.2 Å². The Balaban J connectivity index is 1.57. The third-order valence-corrected chi connectivity index (χ3v) is 5.45. The first-order valence-corrected chi connectivity index (χ1v) is 8.69. The van der Waals surface area contributed by atoms with E-state index in [-0.39, 0.29) is 13.1 Å². The summed E-state index contributed by atoms with van der Waals surface area (Å²) < 4.78 is 26.3. The van der Waals surface area contributed by atoms with Crippen molar-refractivity contribution in [1.82, 2.24) is 9.88 Å². The van der Waals surface area contributed by atoms with E-state index in [9.17, 15) is 8.78 Å². The molecule has 2 saturated heterocycles. The van der Waals surface area contributed by atoms with Gasteiger partial charge in [-0.15, -0.1) is 0 Å². The van der Waals surface area contributed by atoms with Crippen molar-refractivity contribution in [2.75, 3.05) is 61.0 Å². The Labute approximate surface area is 141 Å². The molecule has 0 N–H and O–H groups in total. The van der Waals surface area contributed by atoms with Crippen LogP contribution in [-0.4, -0.2) is 74.2 Å². The predicted octanol–water partition coefficient (Wildman–Crippen LogP) is 1.89. The van der Waals surface area contributed by atoms with Gasteiger partial charge in [-0.1, -0.05) is 0 Å². The normalized spacial score (nSPS) is 26.2. The summed E-state index contributed by atoms with van der Waals surface area (Å²) in [6.07, 6.45) is 1.75. The minimum atomic E-state index is -2.56. The summed E-state index contributed by atoms with van der Waals surface area (Å²) in [5, 5.41) is 0. The average molecular weight is 337 g/mol. The molecule has 0 spiro atoms. The summed E-state index contributed by atoms with van der Waals surface area (Å²) in [4.78, 5) is 13.5. The van der Waals surface area contributed by atoms with Gasteiger partial charge >= 0.3 is 0 Å². The second-order valence-corrected chi connectivity index (χ2v) is 7.56. The monoisotopic (exact) mass is 337 g/mol. The van der Waals surface area contributed by atoms with E-state index in [1.165, 1.54) is 0 Å². The molecule has 0 unspecified atom stereocenters. The smallest absolute Gasteiger partial charge is 0.282 e. The molecule has 4 heterocycles. The fourth-order valence-corrected chi connectivity index (χ4v) is 4.00. The van der Waals surface area contributed by atoms with E-state index in [1.54, 1.807) is 11.1 Å². The lowest BCUT2D eigenvalue weighted by molar-refractivity contribution is -0.0262. The molecule has 4 rings (SSSR count). The number of nitrogens with zero attached hydrogens (tertiary/aromatic N) is 5. The Bertz CT molecular complexity index is 627. The summed E-state index contributed by atoms with van der Waals surface area (Å²) in [6.45, 7) is 8.07. The lowest BCUT2D eigenvalue weighted by atomic mass is 10.0. The number of alkyl halides is 2. The van der Waals surface area contributed by atoms with Gasteiger partial charge in [0.15, 0.2) is 5.82 Å². The number of fused-ring (bicyclic) bond motifs is 3. The van der Waals surface area contributed by atoms with Gasteiger partial charge in [-0.3, -0.25) is 4.90 Å². The van der Waals surface area contributed by atoms with Crippen LogP contribution in [0.5, 0.6) is 0 Å². The van der Waals surface area contributed by atoms with E-state index in [4.69, 9.17) is 0 Å². The highest BCUT2D eigenvalue weighted by Crippen LogP contribution is 2.39. The molecule has 7 heteroatoms. The zero-order chi connectivity index (χ0) is 17.1. The SMILES string of the molecule is CC(C)N1CCN2c3ncc(N4CC(F)(F)C4)cc3N(C)C[C@@H]2C1. The van der Waals surface area contributed by atoms with Crippen LogP contribution in [0.15, 0.2) is 12.3 Å². The maximum atomic E-state index is 13.1. The molecule has 2 fully saturated rings. The molecule has 0 saturated carbocycles. The fourth-order valence-electron chi connectivity index (χ4n) is 4.00. The molecular formula is C17H25F2N5. The second-order valence-electron chi connectivity index (χ2n) is 7.56. The highest BCUT2D eigenvalue weighted by Gasteiger charge is 2.44. The maximum absolute atomic E-state index is 13.1. The zero-order valence-corrected chi connectivity index (χ0v) is 14.5. The third kappa shape index (κ3) is 2.59. The number of likely N-dealkylation sites (N-methyl/N-ethyl adjacent to an activating group) is 1. The molecule has 0 amide bonds. The molecule has 0 bridgehead atoms. The van der Waals surface area contributed by atoms with Crippen LogP contribution >= 0.6 is 0 Å². The molecule has 132 valence electrons. The van der Waals surface area contributed by atoms with Gasteiger partial charge in [-0.2, -0.15) is 0 Å². The van der Waals surface area contributed by atoms with E-state index in [0.29, 0.717) is 12.1 Å². The number of pyridine rings is 1. The van der Waals surface area contributed by atoms with Crippen molar-refractivity contribution in [3.8, 4) is 0 Å². The summed E-state index contributed by atoms with van der Waals surface area (Å²) in [6, 6.07) is 3.01. The summed E-state index contributed by atoms with van der Waals surface area (Å²) >= 11 is 0. The number of hydrogen-bond donors (Lipinski definition) is 0. The average Bonchev–Trinajstić information content (AvgIpc) is 2.51. The first-order chi connectivity index (χ1) is 11.3. The Morgan fingerprint density at radius 1 is 1.21 bits per heavy atom. The van der Waals surface area contributed by atoms with Crippen LogP contribution in [0, 0.1) is 0 Å². The summed E-state index contributed by atoms with van der Waals surface area (Å²) in [5.41, 5.74) is 1.85. The molecular weight excluding hydrogens is 312 g/mol. The lowest BCUT2D eigenvalue weighted by Crippen LogP contribution is -2.61. The Morgan fingerprint density at radius 2 is 1.96 bits per heavy atom. The molecule has 24 heavy (non-hydrogen) atoms. The van der Waals surface area contributed by atoms with E-state index in [2.05, 4.69) is 40.6 Å². The van der Waals surface area contributed by atoms with Crippen LogP contribution in [0.2, 0.25) is 0 Å². The third-order valence-electron chi connectivity index (χ3n) is 5.45. The number of rotatable bonds is 2. The minimum Gasteiger partial charge on any atom is -0.369 e. The number of halogens is 2. The Kier molecular flexibility index (Phi) is 3.60. The van der Waals surface area contributed by atoms with Crippen LogP contribution in [-0.2, 0) is 0 Å². The predicted molar refractivity (Wildman–Crippen MR) is 92.5 cm³/mol. The van der Waals surface area contributed by atoms with Crippen molar-refractivity contribution in [3.63, 3.8) is 0 Å². The molecule has 0 radical (unpaired) electrons. The lowest BCUT2D eigenvalue weighted by Gasteiger charge is -2.49. The van der Waals surface area contributed by atoms with Gasteiger partial charge < -0.3 is 14.7 Å². The van der Waals surface area contributed by atoms with Gasteiger partial charge in [0.05, 0.1) is 36.7 Å². The molecule has 0 aromatic carbocycles. The number of piperazine rings is 1. The molecule has 1 aromatic heterocycles. The maximum Gasteiger partial charge on any atom is 0.282 e. The number of hydrogen-bond acceptors (Lipinski definition) is 5. The van der Waals surface area contributed by atoms with Crippen LogP contribution in [0.1, 0.15) is 13.8 Å². The quantitative estimate of drug-likeness (QED) is 0.821. The minimum absolute atomic E-state index is 0.202. The largest absolute Gasteiger partial charge is 0.369 e. The number of anilines is 3. The van der Waals surface area contributed by atoms with Gasteiger partial charge in [-0.05, 0) is 19.9 Å². The summed E-state index contributed by atoms with van der Waals surface area (Å²) in [7, 11) is 2.07. The van der Waals surface area contributed by atoms with E-state index < -0.39 is 5.92 Å². The highest BCUT2D eigenvalue weighted by molar-refractivity contribution is 5.74. The highest BCUT2D eigenvalue weighted by atomic mass is 19.3. The van der Waals surface area contributed by atoms with E-state index >= 15 is 0 Å². The number of aromatic nitrogens is 1. The van der Waals surface area contributed by atoms with Gasteiger partial charge in [0, 0.05) is 39.3 Å². The van der Waals surface area contributed by atoms with Crippen molar-refractivity contribution in [1.29, 1.82) is 0 Å². The molecule has 5 nitrogen and oxygen atoms in total. The standard InChI is InChI=1S/C17H25F2N5/c1-12(2)22-4-5-24-14(9-22)8-21(3)15-6-13(7-20-16(15)24)23-10-17(18,19)11-23/h6-7,12,14H,4-5,8-11H2,1-3H3/t14-/m1/s1. The van der Waals surface area contributed by atoms with Crippen LogP contribution in [0.4, 0.5) is 26.0 Å². The molecule has 1 atom stereocenters. The van der Waals surface area contributed by atoms with Gasteiger partial charge in [0.25, 0.3) is 5.92 Å². The van der Waals surface area contributed by atoms with Crippen molar-refractivity contribution in [2.45, 2.75) is 31.9 Å². The first kappa shape index (κ1) is 15.9. The van der Waals surface area contributed by atoms with Crippen LogP contribution in [0.3, 0.4) is 0 Å². The molecule has 3 aliphatic heterocycles. The van der Waals surface area contributed by atoms with Gasteiger partial charge in [0.2, 0.25) is 0 Å². The van der Waals surface area contributed by atoms with E-state index in [0.717, 1.165) is 43.4 Å². The fraction of sp³-hybridized carbons (Fsp3) is 0.706. The molecule has 0 aliphatic carbocycles. The van der Waals surface area contributed by atoms with Crippen LogP contribution in [0.25, 0.3) is 0 Å². The summed E-state index contributed by atoms with van der Waals surface area (Å²) in [5.74, 6) is -1.56. The zero-order valence-electron chi connectivity index (χ0n) is 14.5. The first-order valence-electron chi connectivity index (χ1n) is 8.69. The Hall–Kier alpha value is -1.63. The molecule has 1 aromatic rings. The molecule has 3 aliphatic rings. The van der Waals surface area contributed by atoms with Gasteiger partial charge in [0.1, 0.15) is 0 Å². The van der Waals surface area contributed by atoms with Crippen molar-refractivity contribution in [3.05, 3.63) is 12.3 Å². The van der Waals surface area contributed by atoms with Crippen molar-refractivity contribution in [2.24, 2.45) is 0 Å². The van der Waals surface area contributed by atoms with Crippen molar-refractivity contribution < 1.29 is 8.78 Å². The second kappa shape index (κ2) is 5.44. The van der Waals surface area contributed by atoms with Gasteiger partial charge in [-0.25, -0.2) is 13.8 Å². The Morgan fingerprint density at radius 3 is 2.62 bits per heavy atom. The van der Waals surface area contributed by atoms with Crippen LogP contribution < -0.4 is 14.7 Å².